The molecule has 0 saturated carbocycles. The third-order valence-electron chi connectivity index (χ3n) is 3.53. The van der Waals surface area contributed by atoms with E-state index in [1.54, 1.807) is 19.1 Å². The van der Waals surface area contributed by atoms with Gasteiger partial charge in [-0.3, -0.25) is 0 Å². The molecule has 0 saturated heterocycles. The molecular formula is C17H24O5. The second kappa shape index (κ2) is 9.20. The van der Waals surface area contributed by atoms with Crippen LogP contribution in [0.3, 0.4) is 0 Å². The molecule has 0 aliphatic heterocycles. The number of aromatic carboxylic acids is 1. The Labute approximate surface area is 130 Å². The van der Waals surface area contributed by atoms with Crippen molar-refractivity contribution in [1.82, 2.24) is 0 Å². The first-order valence-electron chi connectivity index (χ1n) is 7.59. The number of rotatable bonds is 9. The highest BCUT2D eigenvalue weighted by Gasteiger charge is 2.16. The van der Waals surface area contributed by atoms with Crippen LogP contribution in [0, 0.1) is 5.92 Å². The average molecular weight is 308 g/mol. The van der Waals surface area contributed by atoms with Crippen LogP contribution in [0.4, 0.5) is 0 Å². The molecule has 22 heavy (non-hydrogen) atoms. The first kappa shape index (κ1) is 18.2. The van der Waals surface area contributed by atoms with E-state index >= 15 is 0 Å². The topological polar surface area (TPSA) is 83.8 Å². The van der Waals surface area contributed by atoms with Crippen molar-refractivity contribution >= 4 is 11.9 Å². The zero-order valence-electron chi connectivity index (χ0n) is 13.1. The Morgan fingerprint density at radius 3 is 2.32 bits per heavy atom. The number of ether oxygens (including phenoxy) is 1. The fourth-order valence-electron chi connectivity index (χ4n) is 2.19. The highest BCUT2D eigenvalue weighted by molar-refractivity contribution is 6.02. The van der Waals surface area contributed by atoms with Gasteiger partial charge in [-0.15, -0.1) is 0 Å². The highest BCUT2D eigenvalue weighted by Crippen LogP contribution is 2.15. The molecule has 0 aliphatic rings. The molecule has 2 unspecified atom stereocenters. The normalized spacial score (nSPS) is 13.4. The first-order chi connectivity index (χ1) is 10.4. The Kier molecular flexibility index (Phi) is 7.60. The van der Waals surface area contributed by atoms with Crippen LogP contribution in [0.1, 0.15) is 60.2 Å². The molecule has 5 nitrogen and oxygen atoms in total. The zero-order chi connectivity index (χ0) is 16.5. The summed E-state index contributed by atoms with van der Waals surface area (Å²) in [4.78, 5) is 23.0. The SMILES string of the molecule is CC(O)CCC(C)CCCOC(=O)c1ccccc1C(=O)O. The van der Waals surface area contributed by atoms with Gasteiger partial charge in [0.15, 0.2) is 0 Å². The molecule has 0 amide bonds. The Balaban J connectivity index is 2.37. The molecule has 1 rings (SSSR count). The van der Waals surface area contributed by atoms with Crippen molar-refractivity contribution in [1.29, 1.82) is 0 Å². The van der Waals surface area contributed by atoms with Gasteiger partial charge in [0.05, 0.1) is 23.8 Å². The van der Waals surface area contributed by atoms with Crippen LogP contribution in [0.5, 0.6) is 0 Å². The number of hydrogen-bond acceptors (Lipinski definition) is 4. The summed E-state index contributed by atoms with van der Waals surface area (Å²) in [5.41, 5.74) is 0.0370. The number of carboxylic acids is 1. The van der Waals surface area contributed by atoms with Crippen molar-refractivity contribution in [3.05, 3.63) is 35.4 Å². The van der Waals surface area contributed by atoms with Gasteiger partial charge in [0.1, 0.15) is 0 Å². The van der Waals surface area contributed by atoms with E-state index in [4.69, 9.17) is 9.84 Å². The van der Waals surface area contributed by atoms with E-state index < -0.39 is 11.9 Å². The maximum absolute atomic E-state index is 11.9. The number of benzene rings is 1. The number of esters is 1. The molecule has 0 fully saturated rings. The van der Waals surface area contributed by atoms with Crippen LogP contribution in [0.25, 0.3) is 0 Å². The maximum Gasteiger partial charge on any atom is 0.339 e. The summed E-state index contributed by atoms with van der Waals surface area (Å²) in [6.07, 6.45) is 3.05. The Morgan fingerprint density at radius 1 is 1.09 bits per heavy atom. The summed E-state index contributed by atoms with van der Waals surface area (Å²) in [5, 5.41) is 18.3. The highest BCUT2D eigenvalue weighted by atomic mass is 16.5. The van der Waals surface area contributed by atoms with Gasteiger partial charge in [0.25, 0.3) is 0 Å². The fourth-order valence-corrected chi connectivity index (χ4v) is 2.19. The largest absolute Gasteiger partial charge is 0.478 e. The van der Waals surface area contributed by atoms with Crippen LogP contribution >= 0.6 is 0 Å². The molecule has 0 bridgehead atoms. The summed E-state index contributed by atoms with van der Waals surface area (Å²) in [5.74, 6) is -1.28. The third-order valence-corrected chi connectivity index (χ3v) is 3.53. The average Bonchev–Trinajstić information content (AvgIpc) is 2.49. The van der Waals surface area contributed by atoms with Crippen LogP contribution in [0.2, 0.25) is 0 Å². The van der Waals surface area contributed by atoms with Gasteiger partial charge in [-0.05, 0) is 50.7 Å². The fraction of sp³-hybridized carbons (Fsp3) is 0.529. The summed E-state index contributed by atoms with van der Waals surface area (Å²) in [6.45, 7) is 4.14. The van der Waals surface area contributed by atoms with Crippen LogP contribution in [-0.4, -0.2) is 34.9 Å². The second-order valence-electron chi connectivity index (χ2n) is 5.66. The minimum atomic E-state index is -1.14. The molecule has 1 aromatic carbocycles. The molecule has 0 heterocycles. The maximum atomic E-state index is 11.9. The van der Waals surface area contributed by atoms with E-state index in [2.05, 4.69) is 6.92 Å². The van der Waals surface area contributed by atoms with Crippen molar-refractivity contribution in [3.8, 4) is 0 Å². The molecule has 0 aromatic heterocycles. The molecule has 2 atom stereocenters. The lowest BCUT2D eigenvalue weighted by atomic mass is 9.98. The van der Waals surface area contributed by atoms with Gasteiger partial charge in [0.2, 0.25) is 0 Å². The smallest absolute Gasteiger partial charge is 0.339 e. The molecule has 0 radical (unpaired) electrons. The molecule has 0 aliphatic carbocycles. The molecule has 5 heteroatoms. The second-order valence-corrected chi connectivity index (χ2v) is 5.66. The number of carboxylic acid groups (broad SMARTS) is 1. The van der Waals surface area contributed by atoms with E-state index in [1.807, 2.05) is 0 Å². The molecule has 1 aromatic rings. The number of aliphatic hydroxyl groups excluding tert-OH is 1. The van der Waals surface area contributed by atoms with Crippen molar-refractivity contribution < 1.29 is 24.5 Å². The van der Waals surface area contributed by atoms with Crippen LogP contribution < -0.4 is 0 Å². The Morgan fingerprint density at radius 2 is 1.73 bits per heavy atom. The predicted molar refractivity (Wildman–Crippen MR) is 83.0 cm³/mol. The molecule has 0 spiro atoms. The van der Waals surface area contributed by atoms with E-state index in [0.717, 1.165) is 25.7 Å². The van der Waals surface area contributed by atoms with Crippen molar-refractivity contribution in [3.63, 3.8) is 0 Å². The van der Waals surface area contributed by atoms with Crippen molar-refractivity contribution in [2.75, 3.05) is 6.61 Å². The lowest BCUT2D eigenvalue weighted by Crippen LogP contribution is -2.12. The number of carbonyl (C=O) groups excluding carboxylic acids is 1. The van der Waals surface area contributed by atoms with Crippen LogP contribution in [-0.2, 0) is 4.74 Å². The van der Waals surface area contributed by atoms with Gasteiger partial charge < -0.3 is 14.9 Å². The van der Waals surface area contributed by atoms with Gasteiger partial charge in [0, 0.05) is 0 Å². The minimum absolute atomic E-state index is 0.0437. The van der Waals surface area contributed by atoms with E-state index in [1.165, 1.54) is 12.1 Å². The standard InChI is InChI=1S/C17H24O5/c1-12(9-10-13(2)18)6-5-11-22-17(21)15-8-4-3-7-14(15)16(19)20/h3-4,7-8,12-13,18H,5-6,9-11H2,1-2H3,(H,19,20). The lowest BCUT2D eigenvalue weighted by Gasteiger charge is -2.12. The van der Waals surface area contributed by atoms with E-state index in [-0.39, 0.29) is 23.8 Å². The predicted octanol–water partition coefficient (Wildman–Crippen LogP) is 3.12. The van der Waals surface area contributed by atoms with Gasteiger partial charge in [-0.25, -0.2) is 9.59 Å². The zero-order valence-corrected chi connectivity index (χ0v) is 13.1. The Hall–Kier alpha value is -1.88. The minimum Gasteiger partial charge on any atom is -0.478 e. The molecule has 122 valence electrons. The molecular weight excluding hydrogens is 284 g/mol. The first-order valence-corrected chi connectivity index (χ1v) is 7.59. The summed E-state index contributed by atoms with van der Waals surface area (Å²) in [6, 6.07) is 6.03. The third kappa shape index (κ3) is 6.26. The van der Waals surface area contributed by atoms with Crippen LogP contribution in [0.15, 0.2) is 24.3 Å². The Bertz CT molecular complexity index is 496. The van der Waals surface area contributed by atoms with E-state index in [0.29, 0.717) is 5.92 Å². The van der Waals surface area contributed by atoms with Crippen molar-refractivity contribution in [2.45, 2.75) is 45.6 Å². The number of carbonyl (C=O) groups is 2. The quantitative estimate of drug-likeness (QED) is 0.541. The van der Waals surface area contributed by atoms with E-state index in [9.17, 15) is 14.7 Å². The summed E-state index contributed by atoms with van der Waals surface area (Å²) >= 11 is 0. The van der Waals surface area contributed by atoms with Gasteiger partial charge >= 0.3 is 11.9 Å². The summed E-state index contributed by atoms with van der Waals surface area (Å²) < 4.78 is 5.14. The summed E-state index contributed by atoms with van der Waals surface area (Å²) in [7, 11) is 0. The van der Waals surface area contributed by atoms with Gasteiger partial charge in [-0.2, -0.15) is 0 Å². The lowest BCUT2D eigenvalue weighted by molar-refractivity contribution is 0.0483. The monoisotopic (exact) mass is 308 g/mol. The number of hydrogen-bond donors (Lipinski definition) is 2. The van der Waals surface area contributed by atoms with Gasteiger partial charge in [-0.1, -0.05) is 19.1 Å². The molecule has 2 N–H and O–H groups in total. The number of aliphatic hydroxyl groups is 1. The van der Waals surface area contributed by atoms with Crippen molar-refractivity contribution in [2.24, 2.45) is 5.92 Å².